The van der Waals surface area contributed by atoms with Crippen LogP contribution in [0.3, 0.4) is 0 Å². The molecule has 0 bridgehead atoms. The van der Waals surface area contributed by atoms with Gasteiger partial charge in [0.2, 0.25) is 0 Å². The molecule has 3 nitrogen and oxygen atoms in total. The zero-order valence-corrected chi connectivity index (χ0v) is 11.5. The van der Waals surface area contributed by atoms with Crippen molar-refractivity contribution in [2.45, 2.75) is 52.4 Å². The van der Waals surface area contributed by atoms with Crippen LogP contribution in [0.25, 0.3) is 0 Å². The van der Waals surface area contributed by atoms with Gasteiger partial charge in [0.25, 0.3) is 5.69 Å². The third-order valence-corrected chi connectivity index (χ3v) is 2.83. The number of rotatable bonds is 1. The summed E-state index contributed by atoms with van der Waals surface area (Å²) < 4.78 is 0. The van der Waals surface area contributed by atoms with Crippen LogP contribution in [0.2, 0.25) is 0 Å². The lowest BCUT2D eigenvalue weighted by atomic mass is 9.75. The molecule has 0 aromatic heterocycles. The Morgan fingerprint density at radius 3 is 1.76 bits per heavy atom. The predicted octanol–water partition coefficient (Wildman–Crippen LogP) is 4.19. The quantitative estimate of drug-likeness (QED) is 0.541. The van der Waals surface area contributed by atoms with Crippen LogP contribution in [0.15, 0.2) is 18.2 Å². The van der Waals surface area contributed by atoms with Crippen molar-refractivity contribution >= 4 is 5.69 Å². The maximum atomic E-state index is 10.8. The van der Waals surface area contributed by atoms with Crippen molar-refractivity contribution in [3.05, 3.63) is 39.4 Å². The maximum Gasteiger partial charge on any atom is 0.269 e. The zero-order chi connectivity index (χ0) is 13.4. The second kappa shape index (κ2) is 4.13. The molecule has 0 saturated carbocycles. The minimum atomic E-state index is -0.332. The van der Waals surface area contributed by atoms with Gasteiger partial charge in [0.1, 0.15) is 0 Å². The fourth-order valence-electron chi connectivity index (χ4n) is 1.92. The molecule has 0 radical (unpaired) electrons. The lowest BCUT2D eigenvalue weighted by molar-refractivity contribution is -0.385. The van der Waals surface area contributed by atoms with Gasteiger partial charge >= 0.3 is 0 Å². The molecule has 0 atom stereocenters. The number of hydrogen-bond donors (Lipinski definition) is 0. The van der Waals surface area contributed by atoms with Crippen molar-refractivity contribution in [2.24, 2.45) is 0 Å². The smallest absolute Gasteiger partial charge is 0.258 e. The Hall–Kier alpha value is -1.38. The highest BCUT2D eigenvalue weighted by Crippen LogP contribution is 2.35. The molecule has 0 heterocycles. The van der Waals surface area contributed by atoms with Gasteiger partial charge in [-0.1, -0.05) is 47.6 Å². The summed E-state index contributed by atoms with van der Waals surface area (Å²) in [5.41, 5.74) is 2.31. The van der Waals surface area contributed by atoms with Crippen molar-refractivity contribution in [3.8, 4) is 0 Å². The van der Waals surface area contributed by atoms with E-state index in [1.165, 1.54) is 5.56 Å². The van der Waals surface area contributed by atoms with Gasteiger partial charge in [0.15, 0.2) is 0 Å². The molecule has 1 aromatic carbocycles. The fraction of sp³-hybridized carbons (Fsp3) is 0.571. The van der Waals surface area contributed by atoms with Crippen molar-refractivity contribution < 1.29 is 4.92 Å². The van der Waals surface area contributed by atoms with Crippen LogP contribution >= 0.6 is 0 Å². The molecular weight excluding hydrogens is 214 g/mol. The lowest BCUT2D eigenvalue weighted by Gasteiger charge is -2.29. The first-order chi connectivity index (χ1) is 7.53. The molecule has 0 aliphatic carbocycles. The Labute approximate surface area is 103 Å². The van der Waals surface area contributed by atoms with Gasteiger partial charge in [0, 0.05) is 12.1 Å². The van der Waals surface area contributed by atoms with E-state index in [2.05, 4.69) is 41.5 Å². The van der Waals surface area contributed by atoms with E-state index in [1.807, 2.05) is 6.07 Å². The molecule has 0 spiro atoms. The maximum absolute atomic E-state index is 10.8. The summed E-state index contributed by atoms with van der Waals surface area (Å²) in [6, 6.07) is 5.19. The van der Waals surface area contributed by atoms with Crippen molar-refractivity contribution in [1.29, 1.82) is 0 Å². The van der Waals surface area contributed by atoms with Gasteiger partial charge in [-0.05, 0) is 22.0 Å². The lowest BCUT2D eigenvalue weighted by Crippen LogP contribution is -2.22. The largest absolute Gasteiger partial charge is 0.269 e. The summed E-state index contributed by atoms with van der Waals surface area (Å²) in [6.07, 6.45) is 0. The number of nitrogens with zero attached hydrogens (tertiary/aromatic N) is 1. The van der Waals surface area contributed by atoms with Crippen molar-refractivity contribution in [2.75, 3.05) is 0 Å². The van der Waals surface area contributed by atoms with E-state index in [4.69, 9.17) is 0 Å². The second-order valence-corrected chi connectivity index (χ2v) is 6.49. The Bertz CT molecular complexity index is 437. The number of hydrogen-bond acceptors (Lipinski definition) is 2. The molecule has 0 unspecified atom stereocenters. The highest BCUT2D eigenvalue weighted by atomic mass is 16.6. The average molecular weight is 235 g/mol. The van der Waals surface area contributed by atoms with Crippen LogP contribution in [-0.2, 0) is 10.8 Å². The third-order valence-electron chi connectivity index (χ3n) is 2.83. The van der Waals surface area contributed by atoms with E-state index in [0.29, 0.717) is 0 Å². The van der Waals surface area contributed by atoms with E-state index in [9.17, 15) is 10.1 Å². The first kappa shape index (κ1) is 13.7. The summed E-state index contributed by atoms with van der Waals surface area (Å²) >= 11 is 0. The Morgan fingerprint density at radius 2 is 1.41 bits per heavy atom. The van der Waals surface area contributed by atoms with Crippen LogP contribution in [0.4, 0.5) is 5.69 Å². The fourth-order valence-corrected chi connectivity index (χ4v) is 1.92. The van der Waals surface area contributed by atoms with E-state index in [-0.39, 0.29) is 21.4 Å². The first-order valence-corrected chi connectivity index (χ1v) is 5.83. The number of nitro groups is 1. The molecule has 1 rings (SSSR count). The molecular formula is C14H21NO2. The number of nitro benzene ring substituents is 1. The van der Waals surface area contributed by atoms with Gasteiger partial charge in [-0.15, -0.1) is 0 Å². The van der Waals surface area contributed by atoms with E-state index >= 15 is 0 Å². The minimum Gasteiger partial charge on any atom is -0.258 e. The summed E-state index contributed by atoms with van der Waals surface area (Å²) in [6.45, 7) is 12.6. The Balaban J connectivity index is 3.49. The molecule has 0 N–H and O–H groups in total. The van der Waals surface area contributed by atoms with Crippen LogP contribution in [-0.4, -0.2) is 4.92 Å². The SMILES string of the molecule is CC(C)(C)c1ccc([N+](=O)[O-])cc1C(C)(C)C. The minimum absolute atomic E-state index is 0.00224. The van der Waals surface area contributed by atoms with Gasteiger partial charge in [0.05, 0.1) is 4.92 Å². The highest BCUT2D eigenvalue weighted by Gasteiger charge is 2.26. The van der Waals surface area contributed by atoms with Crippen molar-refractivity contribution in [1.82, 2.24) is 0 Å². The molecule has 17 heavy (non-hydrogen) atoms. The van der Waals surface area contributed by atoms with Crippen LogP contribution in [0, 0.1) is 10.1 Å². The summed E-state index contributed by atoms with van der Waals surface area (Å²) in [7, 11) is 0. The number of non-ortho nitro benzene ring substituents is 1. The number of benzene rings is 1. The highest BCUT2D eigenvalue weighted by molar-refractivity contribution is 5.45. The van der Waals surface area contributed by atoms with E-state index in [0.717, 1.165) is 5.56 Å². The molecule has 0 amide bonds. The summed E-state index contributed by atoms with van der Waals surface area (Å²) in [4.78, 5) is 10.5. The summed E-state index contributed by atoms with van der Waals surface area (Å²) in [5.74, 6) is 0. The van der Waals surface area contributed by atoms with Gasteiger partial charge < -0.3 is 0 Å². The zero-order valence-electron chi connectivity index (χ0n) is 11.5. The standard InChI is InChI=1S/C14H21NO2/c1-13(2,3)11-8-7-10(15(16)17)9-12(11)14(4,5)6/h7-9H,1-6H3. The third kappa shape index (κ3) is 3.05. The molecule has 1 aromatic rings. The van der Waals surface area contributed by atoms with Gasteiger partial charge in [-0.3, -0.25) is 10.1 Å². The molecule has 0 saturated heterocycles. The van der Waals surface area contributed by atoms with Crippen molar-refractivity contribution in [3.63, 3.8) is 0 Å². The van der Waals surface area contributed by atoms with E-state index in [1.54, 1.807) is 12.1 Å². The topological polar surface area (TPSA) is 43.1 Å². The Morgan fingerprint density at radius 1 is 0.941 bits per heavy atom. The average Bonchev–Trinajstić information content (AvgIpc) is 2.14. The Kier molecular flexibility index (Phi) is 3.33. The van der Waals surface area contributed by atoms with Gasteiger partial charge in [-0.2, -0.15) is 0 Å². The second-order valence-electron chi connectivity index (χ2n) is 6.49. The van der Waals surface area contributed by atoms with Gasteiger partial charge in [-0.25, -0.2) is 0 Å². The van der Waals surface area contributed by atoms with E-state index < -0.39 is 0 Å². The van der Waals surface area contributed by atoms with Crippen LogP contribution < -0.4 is 0 Å². The molecule has 0 aliphatic rings. The molecule has 3 heteroatoms. The molecule has 0 aliphatic heterocycles. The molecule has 94 valence electrons. The first-order valence-electron chi connectivity index (χ1n) is 5.83. The van der Waals surface area contributed by atoms with Crippen LogP contribution in [0.5, 0.6) is 0 Å². The normalized spacial score (nSPS) is 12.6. The van der Waals surface area contributed by atoms with Crippen LogP contribution in [0.1, 0.15) is 52.7 Å². The summed E-state index contributed by atoms with van der Waals surface area (Å²) in [5, 5.41) is 10.8. The predicted molar refractivity (Wildman–Crippen MR) is 70.5 cm³/mol. The monoisotopic (exact) mass is 235 g/mol. The molecule has 0 fully saturated rings.